The van der Waals surface area contributed by atoms with Gasteiger partial charge >= 0.3 is 0 Å². The van der Waals surface area contributed by atoms with Crippen molar-refractivity contribution in [3.63, 3.8) is 0 Å². The number of nitrogens with one attached hydrogen (secondary N) is 2. The van der Waals surface area contributed by atoms with Gasteiger partial charge in [-0.1, -0.05) is 43.4 Å². The number of carbonyl (C=O) groups excluding carboxylic acids is 1. The maximum absolute atomic E-state index is 13.7. The van der Waals surface area contributed by atoms with Crippen molar-refractivity contribution in [3.05, 3.63) is 59.7 Å². The second-order valence-electron chi connectivity index (χ2n) is 13.4. The number of benzene rings is 2. The molecule has 2 spiro atoms. The first-order valence-electron chi connectivity index (χ1n) is 15.7. The Morgan fingerprint density at radius 3 is 2.58 bits per heavy atom. The lowest BCUT2D eigenvalue weighted by Crippen LogP contribution is -2.59. The highest BCUT2D eigenvalue weighted by Gasteiger charge is 2.46. The highest BCUT2D eigenvalue weighted by molar-refractivity contribution is 6.31. The van der Waals surface area contributed by atoms with Gasteiger partial charge in [0, 0.05) is 42.9 Å². The van der Waals surface area contributed by atoms with E-state index in [1.165, 1.54) is 82.7 Å². The van der Waals surface area contributed by atoms with Crippen molar-refractivity contribution in [1.82, 2.24) is 14.9 Å². The molecule has 226 valence electrons. The number of likely N-dealkylation sites (tertiary alicyclic amines) is 1. The molecule has 43 heavy (non-hydrogen) atoms. The standard InChI is InChI=1S/C34H39ClFN5O2/c35-26-14-24(7-8-27(26)36)39-32-25-15-29(40-31(42)6-4-13-41-20-34(21-41)11-5-12-34)30(16-28(25)37-22-38-32)43-19-23-17-33(18-23)9-2-1-3-10-33/h4,6-8,14-16,22-23H,1-3,5,9-13,17-21H2,(H,40,42)(H,37,38,39). The van der Waals surface area contributed by atoms with Crippen LogP contribution in [0.4, 0.5) is 21.6 Å². The van der Waals surface area contributed by atoms with E-state index in [0.717, 1.165) is 19.6 Å². The monoisotopic (exact) mass is 603 g/mol. The summed E-state index contributed by atoms with van der Waals surface area (Å²) in [5.74, 6) is 0.953. The smallest absolute Gasteiger partial charge is 0.248 e. The lowest BCUT2D eigenvalue weighted by Gasteiger charge is -2.56. The van der Waals surface area contributed by atoms with Crippen molar-refractivity contribution in [1.29, 1.82) is 0 Å². The summed E-state index contributed by atoms with van der Waals surface area (Å²) in [4.78, 5) is 24.4. The highest BCUT2D eigenvalue weighted by atomic mass is 35.5. The number of anilines is 3. The van der Waals surface area contributed by atoms with Crippen molar-refractivity contribution >= 4 is 45.6 Å². The fraction of sp³-hybridized carbons (Fsp3) is 0.500. The Hall–Kier alpha value is -3.23. The molecule has 1 saturated heterocycles. The Kier molecular flexibility index (Phi) is 7.76. The third-order valence-corrected chi connectivity index (χ3v) is 10.5. The summed E-state index contributed by atoms with van der Waals surface area (Å²) >= 11 is 6.00. The Morgan fingerprint density at radius 1 is 1.05 bits per heavy atom. The molecule has 3 aromatic rings. The van der Waals surface area contributed by atoms with Crippen LogP contribution in [0.1, 0.15) is 64.2 Å². The maximum Gasteiger partial charge on any atom is 0.248 e. The number of rotatable bonds is 9. The number of ether oxygens (including phenoxy) is 1. The molecule has 2 N–H and O–H groups in total. The number of nitrogens with zero attached hydrogens (tertiary/aromatic N) is 3. The van der Waals surface area contributed by atoms with Gasteiger partial charge in [0.2, 0.25) is 5.91 Å². The second kappa shape index (κ2) is 11.7. The number of carbonyl (C=O) groups is 1. The molecule has 9 heteroatoms. The number of amides is 1. The molecule has 3 aliphatic carbocycles. The minimum absolute atomic E-state index is 0.0193. The van der Waals surface area contributed by atoms with Gasteiger partial charge < -0.3 is 15.4 Å². The molecule has 7 nitrogen and oxygen atoms in total. The molecular weight excluding hydrogens is 565 g/mol. The van der Waals surface area contributed by atoms with Crippen molar-refractivity contribution < 1.29 is 13.9 Å². The quantitative estimate of drug-likeness (QED) is 0.242. The molecule has 1 amide bonds. The van der Waals surface area contributed by atoms with Gasteiger partial charge in [0.25, 0.3) is 0 Å². The van der Waals surface area contributed by atoms with Gasteiger partial charge in [-0.2, -0.15) is 0 Å². The Morgan fingerprint density at radius 2 is 1.84 bits per heavy atom. The normalized spacial score (nSPS) is 21.0. The minimum Gasteiger partial charge on any atom is -0.491 e. The third-order valence-electron chi connectivity index (χ3n) is 10.2. The van der Waals surface area contributed by atoms with Gasteiger partial charge in [0.15, 0.2) is 0 Å². The van der Waals surface area contributed by atoms with Gasteiger partial charge in [0.1, 0.15) is 23.7 Å². The molecule has 0 radical (unpaired) electrons. The Balaban J connectivity index is 1.08. The van der Waals surface area contributed by atoms with E-state index in [0.29, 0.717) is 57.2 Å². The molecule has 2 aromatic carbocycles. The molecule has 0 bridgehead atoms. The molecule has 2 heterocycles. The van der Waals surface area contributed by atoms with Crippen LogP contribution in [0.2, 0.25) is 5.02 Å². The summed E-state index contributed by atoms with van der Waals surface area (Å²) in [5, 5.41) is 6.99. The van der Waals surface area contributed by atoms with E-state index in [-0.39, 0.29) is 10.9 Å². The van der Waals surface area contributed by atoms with Crippen LogP contribution in [0.15, 0.2) is 48.8 Å². The van der Waals surface area contributed by atoms with Crippen molar-refractivity contribution in [3.8, 4) is 5.75 Å². The predicted octanol–water partition coefficient (Wildman–Crippen LogP) is 7.89. The molecule has 0 atom stereocenters. The van der Waals surface area contributed by atoms with Crippen LogP contribution in [0, 0.1) is 22.6 Å². The maximum atomic E-state index is 13.7. The molecule has 1 aliphatic heterocycles. The SMILES string of the molecule is O=C(C=CCN1CC2(CCC2)C1)Nc1cc2c(Nc3ccc(F)c(Cl)c3)ncnc2cc1OCC1CC2(CCCCC2)C1. The zero-order valence-corrected chi connectivity index (χ0v) is 25.3. The van der Waals surface area contributed by atoms with Crippen LogP contribution in [0.25, 0.3) is 10.9 Å². The zero-order chi connectivity index (χ0) is 29.4. The van der Waals surface area contributed by atoms with Gasteiger partial charge in [-0.25, -0.2) is 14.4 Å². The number of hydrogen-bond donors (Lipinski definition) is 2. The zero-order valence-electron chi connectivity index (χ0n) is 24.5. The first-order chi connectivity index (χ1) is 20.9. The molecule has 4 aliphatic rings. The summed E-state index contributed by atoms with van der Waals surface area (Å²) in [7, 11) is 0. The lowest BCUT2D eigenvalue weighted by molar-refractivity contribution is -0.112. The van der Waals surface area contributed by atoms with E-state index in [4.69, 9.17) is 16.3 Å². The van der Waals surface area contributed by atoms with Crippen LogP contribution in [0.3, 0.4) is 0 Å². The van der Waals surface area contributed by atoms with E-state index in [1.807, 2.05) is 18.2 Å². The summed E-state index contributed by atoms with van der Waals surface area (Å²) in [5.41, 5.74) is 2.94. The van der Waals surface area contributed by atoms with Crippen LogP contribution >= 0.6 is 11.6 Å². The summed E-state index contributed by atoms with van der Waals surface area (Å²) in [6, 6.07) is 8.14. The minimum atomic E-state index is -0.489. The number of fused-ring (bicyclic) bond motifs is 1. The fourth-order valence-electron chi connectivity index (χ4n) is 7.82. The molecular formula is C34H39ClFN5O2. The summed E-state index contributed by atoms with van der Waals surface area (Å²) in [6.07, 6.45) is 18.3. The molecule has 4 fully saturated rings. The van der Waals surface area contributed by atoms with E-state index in [1.54, 1.807) is 12.1 Å². The average molecular weight is 604 g/mol. The van der Waals surface area contributed by atoms with Gasteiger partial charge in [-0.15, -0.1) is 0 Å². The van der Waals surface area contributed by atoms with Crippen LogP contribution in [0.5, 0.6) is 5.75 Å². The first kappa shape index (κ1) is 28.5. The number of halogens is 2. The van der Waals surface area contributed by atoms with Crippen molar-refractivity contribution in [2.45, 2.75) is 64.2 Å². The molecule has 0 unspecified atom stereocenters. The van der Waals surface area contributed by atoms with Crippen molar-refractivity contribution in [2.24, 2.45) is 16.7 Å². The van der Waals surface area contributed by atoms with Crippen LogP contribution in [-0.2, 0) is 4.79 Å². The first-order valence-corrected chi connectivity index (χ1v) is 16.1. The van der Waals surface area contributed by atoms with Gasteiger partial charge in [0.05, 0.1) is 22.8 Å². The van der Waals surface area contributed by atoms with E-state index >= 15 is 0 Å². The number of aromatic nitrogens is 2. The van der Waals surface area contributed by atoms with Gasteiger partial charge in [-0.3, -0.25) is 9.69 Å². The average Bonchev–Trinajstić information content (AvgIpc) is 2.94. The van der Waals surface area contributed by atoms with E-state index in [2.05, 4.69) is 25.5 Å². The Labute approximate surface area is 257 Å². The van der Waals surface area contributed by atoms with Crippen LogP contribution < -0.4 is 15.4 Å². The topological polar surface area (TPSA) is 79.4 Å². The largest absolute Gasteiger partial charge is 0.491 e. The second-order valence-corrected chi connectivity index (χ2v) is 13.8. The molecule has 7 rings (SSSR count). The fourth-order valence-corrected chi connectivity index (χ4v) is 8.00. The van der Waals surface area contributed by atoms with Crippen molar-refractivity contribution in [2.75, 3.05) is 36.9 Å². The Bertz CT molecular complexity index is 1540. The number of hydrogen-bond acceptors (Lipinski definition) is 6. The summed E-state index contributed by atoms with van der Waals surface area (Å²) < 4.78 is 20.1. The van der Waals surface area contributed by atoms with Crippen LogP contribution in [-0.4, -0.2) is 47.0 Å². The van der Waals surface area contributed by atoms with E-state index in [9.17, 15) is 9.18 Å². The molecule has 3 saturated carbocycles. The summed E-state index contributed by atoms with van der Waals surface area (Å²) in [6.45, 7) is 3.67. The lowest BCUT2D eigenvalue weighted by atomic mass is 9.56. The van der Waals surface area contributed by atoms with Gasteiger partial charge in [-0.05, 0) is 79.5 Å². The van der Waals surface area contributed by atoms with E-state index < -0.39 is 5.82 Å². The third kappa shape index (κ3) is 6.09. The predicted molar refractivity (Wildman–Crippen MR) is 168 cm³/mol. The molecule has 1 aromatic heterocycles. The highest BCUT2D eigenvalue weighted by Crippen LogP contribution is 2.55.